The molecular weight excluding hydrogens is 458 g/mol. The molecule has 0 bridgehead atoms. The van der Waals surface area contributed by atoms with E-state index in [-0.39, 0.29) is 15.6 Å². The smallest absolute Gasteiger partial charge is 0.229 e. The molecule has 3 heterocycles. The number of nitrogens with zero attached hydrogens (tertiary/aromatic N) is 4. The Kier molecular flexibility index (Phi) is 4.77. The van der Waals surface area contributed by atoms with E-state index >= 15 is 0 Å². The number of aromatic nitrogens is 4. The zero-order valence-electron chi connectivity index (χ0n) is 16.0. The number of fused-ring (bicyclic) bond motifs is 3. The molecule has 0 aliphatic heterocycles. The second kappa shape index (κ2) is 7.49. The van der Waals surface area contributed by atoms with Crippen LogP contribution in [0.3, 0.4) is 0 Å². The summed E-state index contributed by atoms with van der Waals surface area (Å²) in [5.41, 5.74) is 1.58. The van der Waals surface area contributed by atoms with E-state index in [0.29, 0.717) is 22.1 Å². The molecular formula is C20H14ClN5O3S2. The van der Waals surface area contributed by atoms with Crippen molar-refractivity contribution in [2.75, 3.05) is 12.4 Å². The lowest BCUT2D eigenvalue weighted by atomic mass is 10.3. The van der Waals surface area contributed by atoms with Crippen molar-refractivity contribution >= 4 is 60.1 Å². The molecule has 8 nitrogen and oxygen atoms in total. The van der Waals surface area contributed by atoms with Crippen LogP contribution in [0.15, 0.2) is 69.9 Å². The summed E-state index contributed by atoms with van der Waals surface area (Å²) in [6.07, 6.45) is 0. The van der Waals surface area contributed by atoms with Crippen LogP contribution in [0.1, 0.15) is 0 Å². The average molecular weight is 472 g/mol. The average Bonchev–Trinajstić information content (AvgIpc) is 3.41. The molecule has 5 aromatic rings. The van der Waals surface area contributed by atoms with Gasteiger partial charge in [0, 0.05) is 16.8 Å². The first-order valence-electron chi connectivity index (χ1n) is 9.02. The fraction of sp³-hybridized carbons (Fsp3) is 0.0500. The number of hydrogen-bond donors (Lipinski definition) is 1. The van der Waals surface area contributed by atoms with Gasteiger partial charge in [-0.25, -0.2) is 13.4 Å². The number of ether oxygens (including phenoxy) is 1. The number of anilines is 2. The van der Waals surface area contributed by atoms with Crippen LogP contribution >= 0.6 is 22.9 Å². The number of methoxy groups -OCH3 is 1. The predicted molar refractivity (Wildman–Crippen MR) is 119 cm³/mol. The Morgan fingerprint density at radius 2 is 1.94 bits per heavy atom. The highest BCUT2D eigenvalue weighted by Gasteiger charge is 2.27. The molecule has 156 valence electrons. The maximum atomic E-state index is 13.2. The Balaban J connectivity index is 1.69. The third-order valence-corrected chi connectivity index (χ3v) is 7.46. The topological polar surface area (TPSA) is 98.5 Å². The molecule has 11 heteroatoms. The first-order valence-corrected chi connectivity index (χ1v) is 11.8. The van der Waals surface area contributed by atoms with Gasteiger partial charge in [-0.3, -0.25) is 0 Å². The maximum Gasteiger partial charge on any atom is 0.229 e. The molecule has 0 amide bonds. The van der Waals surface area contributed by atoms with Gasteiger partial charge in [0.05, 0.1) is 22.2 Å². The predicted octanol–water partition coefficient (Wildman–Crippen LogP) is 4.58. The molecule has 0 spiro atoms. The molecule has 0 saturated carbocycles. The fourth-order valence-electron chi connectivity index (χ4n) is 3.15. The van der Waals surface area contributed by atoms with Crippen LogP contribution < -0.4 is 10.1 Å². The molecule has 0 aliphatic carbocycles. The van der Waals surface area contributed by atoms with Crippen molar-refractivity contribution in [2.45, 2.75) is 9.92 Å². The Labute approximate surface area is 186 Å². The second-order valence-electron chi connectivity index (χ2n) is 6.54. The minimum Gasteiger partial charge on any atom is -0.497 e. The van der Waals surface area contributed by atoms with Crippen molar-refractivity contribution < 1.29 is 13.2 Å². The van der Waals surface area contributed by atoms with Gasteiger partial charge in [0.1, 0.15) is 5.75 Å². The third-order valence-electron chi connectivity index (χ3n) is 4.63. The van der Waals surface area contributed by atoms with Gasteiger partial charge in [-0.2, -0.15) is 4.52 Å². The zero-order valence-corrected chi connectivity index (χ0v) is 18.4. The molecule has 0 atom stereocenters. The van der Waals surface area contributed by atoms with Crippen molar-refractivity contribution in [1.29, 1.82) is 0 Å². The molecule has 0 aliphatic rings. The van der Waals surface area contributed by atoms with Crippen molar-refractivity contribution in [3.05, 3.63) is 65.0 Å². The van der Waals surface area contributed by atoms with Crippen molar-refractivity contribution in [1.82, 2.24) is 19.8 Å². The summed E-state index contributed by atoms with van der Waals surface area (Å²) >= 11 is 7.36. The van der Waals surface area contributed by atoms with Crippen molar-refractivity contribution in [2.24, 2.45) is 0 Å². The number of nitrogens with one attached hydrogen (secondary N) is 1. The maximum absolute atomic E-state index is 13.2. The molecule has 2 aromatic carbocycles. The molecule has 0 unspecified atom stereocenters. The molecule has 31 heavy (non-hydrogen) atoms. The zero-order chi connectivity index (χ0) is 21.6. The highest BCUT2D eigenvalue weighted by Crippen LogP contribution is 2.33. The van der Waals surface area contributed by atoms with Crippen LogP contribution in [0.25, 0.3) is 15.9 Å². The number of thiophene rings is 1. The summed E-state index contributed by atoms with van der Waals surface area (Å²) in [7, 11) is -2.36. The van der Waals surface area contributed by atoms with E-state index in [2.05, 4.69) is 20.6 Å². The van der Waals surface area contributed by atoms with E-state index in [9.17, 15) is 8.42 Å². The minimum absolute atomic E-state index is 0.0637. The van der Waals surface area contributed by atoms with Gasteiger partial charge < -0.3 is 10.1 Å². The normalized spacial score (nSPS) is 11.8. The number of rotatable bonds is 5. The number of hydrogen-bond acceptors (Lipinski definition) is 8. The highest BCUT2D eigenvalue weighted by atomic mass is 35.5. The second-order valence-corrected chi connectivity index (χ2v) is 9.76. The third kappa shape index (κ3) is 3.38. The molecule has 0 radical (unpaired) electrons. The van der Waals surface area contributed by atoms with E-state index in [1.165, 1.54) is 40.1 Å². The van der Waals surface area contributed by atoms with Gasteiger partial charge in [-0.05, 0) is 47.8 Å². The van der Waals surface area contributed by atoms with E-state index in [0.717, 1.165) is 10.4 Å². The lowest BCUT2D eigenvalue weighted by Crippen LogP contribution is -2.05. The Morgan fingerprint density at radius 1 is 1.13 bits per heavy atom. The Morgan fingerprint density at radius 3 is 2.71 bits per heavy atom. The first-order chi connectivity index (χ1) is 15.0. The van der Waals surface area contributed by atoms with Gasteiger partial charge in [0.25, 0.3) is 0 Å². The van der Waals surface area contributed by atoms with E-state index in [4.69, 9.17) is 16.3 Å². The monoisotopic (exact) mass is 471 g/mol. The summed E-state index contributed by atoms with van der Waals surface area (Å²) in [6, 6.07) is 15.1. The number of sulfone groups is 1. The lowest BCUT2D eigenvalue weighted by molar-refractivity contribution is 0.415. The summed E-state index contributed by atoms with van der Waals surface area (Å²) < 4.78 is 34.0. The van der Waals surface area contributed by atoms with Gasteiger partial charge in [-0.15, -0.1) is 16.4 Å². The lowest BCUT2D eigenvalue weighted by Gasteiger charge is -2.09. The standard InChI is InChI=1S/C20H14ClN5O3S2/c1-29-14-4-2-3-13(11-14)22-18-17-16(9-10-30-17)26-19(23-18)20(24-25-26)31(27,28)15-7-5-12(21)6-8-15/h2-11H,1H3,(H,22,23). The summed E-state index contributed by atoms with van der Waals surface area (Å²) in [4.78, 5) is 4.65. The fourth-order valence-corrected chi connectivity index (χ4v) is 5.32. The Hall–Kier alpha value is -3.21. The minimum atomic E-state index is -3.95. The molecule has 0 saturated heterocycles. The van der Waals surface area contributed by atoms with Gasteiger partial charge in [-0.1, -0.05) is 22.9 Å². The van der Waals surface area contributed by atoms with Crippen molar-refractivity contribution in [3.8, 4) is 5.75 Å². The van der Waals surface area contributed by atoms with Crippen LogP contribution in [0, 0.1) is 0 Å². The molecule has 1 N–H and O–H groups in total. The highest BCUT2D eigenvalue weighted by molar-refractivity contribution is 7.91. The van der Waals surface area contributed by atoms with Gasteiger partial charge in [0.15, 0.2) is 11.5 Å². The van der Waals surface area contributed by atoms with Crippen LogP contribution in [-0.4, -0.2) is 35.3 Å². The van der Waals surface area contributed by atoms with Crippen LogP contribution in [0.4, 0.5) is 11.5 Å². The van der Waals surface area contributed by atoms with Gasteiger partial charge in [0.2, 0.25) is 14.9 Å². The van der Waals surface area contributed by atoms with E-state index in [1.807, 2.05) is 35.7 Å². The number of benzene rings is 2. The van der Waals surface area contributed by atoms with Crippen LogP contribution in [0.5, 0.6) is 5.75 Å². The molecule has 3 aromatic heterocycles. The SMILES string of the molecule is COc1cccc(Nc2nc3c(S(=O)(=O)c4ccc(Cl)cc4)nnn3c3ccsc23)c1. The van der Waals surface area contributed by atoms with Crippen molar-refractivity contribution in [3.63, 3.8) is 0 Å². The quantitative estimate of drug-likeness (QED) is 0.400. The van der Waals surface area contributed by atoms with Crippen LogP contribution in [0.2, 0.25) is 5.02 Å². The summed E-state index contributed by atoms with van der Waals surface area (Å²) in [5, 5.41) is 13.4. The largest absolute Gasteiger partial charge is 0.497 e. The van der Waals surface area contributed by atoms with E-state index < -0.39 is 9.84 Å². The first kappa shape index (κ1) is 19.7. The number of halogens is 1. The van der Waals surface area contributed by atoms with Crippen LogP contribution in [-0.2, 0) is 9.84 Å². The summed E-state index contributed by atoms with van der Waals surface area (Å²) in [5.74, 6) is 1.19. The summed E-state index contributed by atoms with van der Waals surface area (Å²) in [6.45, 7) is 0. The van der Waals surface area contributed by atoms with E-state index in [1.54, 1.807) is 7.11 Å². The van der Waals surface area contributed by atoms with Gasteiger partial charge >= 0.3 is 0 Å². The molecule has 5 rings (SSSR count). The Bertz CT molecular complexity index is 1530. The molecule has 0 fully saturated rings.